The molecule has 0 aliphatic heterocycles. The number of phenolic OH excluding ortho intramolecular Hbond substituents is 2. The van der Waals surface area contributed by atoms with E-state index >= 15 is 0 Å². The Kier molecular flexibility index (Phi) is 9.61. The molecule has 0 saturated heterocycles. The van der Waals surface area contributed by atoms with Crippen molar-refractivity contribution in [3.05, 3.63) is 59.7 Å². The van der Waals surface area contributed by atoms with Crippen molar-refractivity contribution in [2.24, 2.45) is 0 Å². The molecule has 0 spiro atoms. The molecule has 2 rings (SSSR count). The smallest absolute Gasteiger partial charge is 0.508 e. The van der Waals surface area contributed by atoms with Gasteiger partial charge in [-0.2, -0.15) is 0 Å². The van der Waals surface area contributed by atoms with Crippen molar-refractivity contribution in [1.82, 2.24) is 0 Å². The summed E-state index contributed by atoms with van der Waals surface area (Å²) >= 11 is 19.0. The first-order valence-corrected chi connectivity index (χ1v) is 7.04. The second-order valence-electron chi connectivity index (χ2n) is 3.67. The molecular weight excluding hydrogens is 383 g/mol. The summed E-state index contributed by atoms with van der Waals surface area (Å²) in [6.07, 6.45) is 0. The van der Waals surface area contributed by atoms with Crippen molar-refractivity contribution >= 4 is 58.1 Å². The van der Waals surface area contributed by atoms with E-state index < -0.39 is 0 Å². The zero-order valence-electron chi connectivity index (χ0n) is 10.5. The van der Waals surface area contributed by atoms with Gasteiger partial charge in [0, 0.05) is 0 Å². The van der Waals surface area contributed by atoms with Crippen LogP contribution in [-0.2, 0) is 42.3 Å². The molecule has 109 valence electrons. The largest absolute Gasteiger partial charge is 2.00 e. The molecule has 0 heterocycles. The van der Waals surface area contributed by atoms with Gasteiger partial charge in [-0.25, -0.2) is 0 Å². The molecule has 0 aliphatic rings. The second kappa shape index (κ2) is 10.00. The van der Waals surface area contributed by atoms with E-state index in [1.165, 1.54) is 0 Å². The summed E-state index contributed by atoms with van der Waals surface area (Å²) in [5.74, 6) is 0.463. The van der Waals surface area contributed by atoms with Crippen LogP contribution in [0.2, 0.25) is 0 Å². The maximum absolute atomic E-state index is 8.86. The molecule has 0 bridgehead atoms. The molecule has 0 aromatic heterocycles. The average molecular weight is 393 g/mol. The van der Waals surface area contributed by atoms with Gasteiger partial charge in [0.05, 0.1) is 0 Å². The summed E-state index contributed by atoms with van der Waals surface area (Å²) in [4.78, 5) is 0. The molecule has 0 amide bonds. The third-order valence-corrected chi connectivity index (χ3v) is 3.15. The normalized spacial score (nSPS) is 8.76. The molecule has 2 aromatic carbocycles. The van der Waals surface area contributed by atoms with E-state index in [1.807, 2.05) is 0 Å². The van der Waals surface area contributed by atoms with Crippen LogP contribution >= 0.6 is 24.4 Å². The number of aromatic hydroxyl groups is 2. The fourth-order valence-electron chi connectivity index (χ4n) is 1.20. The Bertz CT molecular complexity index is 542. The van der Waals surface area contributed by atoms with Crippen molar-refractivity contribution in [3.63, 3.8) is 0 Å². The molecule has 7 heteroatoms. The van der Waals surface area contributed by atoms with Gasteiger partial charge in [0.25, 0.3) is 0 Å². The first-order valence-electron chi connectivity index (χ1n) is 5.41. The zero-order valence-corrected chi connectivity index (χ0v) is 15.0. The van der Waals surface area contributed by atoms with Crippen molar-refractivity contribution in [3.8, 4) is 11.5 Å². The fraction of sp³-hybridized carbons (Fsp3) is 0. The third kappa shape index (κ3) is 7.66. The Labute approximate surface area is 155 Å². The van der Waals surface area contributed by atoms with Gasteiger partial charge in [-0.05, 0) is 35.4 Å². The molecule has 21 heavy (non-hydrogen) atoms. The number of hydrogen-bond acceptors (Lipinski definition) is 6. The molecule has 1 radical (unpaired) electrons. The van der Waals surface area contributed by atoms with E-state index in [4.69, 9.17) is 59.9 Å². The summed E-state index contributed by atoms with van der Waals surface area (Å²) in [5, 5.41) is 17.7. The molecule has 0 saturated carbocycles. The Hall–Kier alpha value is -0.821. The monoisotopic (exact) mass is 393 g/mol. The third-order valence-electron chi connectivity index (χ3n) is 2.21. The second-order valence-corrected chi connectivity index (χ2v) is 5.82. The minimum Gasteiger partial charge on any atom is -0.508 e. The average Bonchev–Trinajstić information content (AvgIpc) is 2.40. The molecule has 0 atom stereocenters. The first-order chi connectivity index (χ1) is 9.40. The van der Waals surface area contributed by atoms with Crippen LogP contribution in [0.1, 0.15) is 11.1 Å². The van der Waals surface area contributed by atoms with E-state index in [0.717, 1.165) is 11.1 Å². The molecule has 0 unspecified atom stereocenters. The van der Waals surface area contributed by atoms with Gasteiger partial charge in [-0.15, -0.1) is 8.39 Å². The van der Waals surface area contributed by atoms with Gasteiger partial charge in [-0.3, -0.25) is 0 Å². The van der Waals surface area contributed by atoms with E-state index in [1.54, 1.807) is 48.5 Å². The van der Waals surface area contributed by atoms with Crippen molar-refractivity contribution < 1.29 is 27.3 Å². The van der Waals surface area contributed by atoms with Crippen molar-refractivity contribution in [2.45, 2.75) is 0 Å². The predicted octanol–water partition coefficient (Wildman–Crippen LogP) is 3.23. The Morgan fingerprint density at radius 1 is 0.667 bits per heavy atom. The Morgan fingerprint density at radius 2 is 0.905 bits per heavy atom. The van der Waals surface area contributed by atoms with E-state index in [-0.39, 0.29) is 28.6 Å². The summed E-state index contributed by atoms with van der Waals surface area (Å²) in [6.45, 7) is 0. The van der Waals surface area contributed by atoms with Crippen molar-refractivity contribution in [2.75, 3.05) is 0 Å². The minimum atomic E-state index is 0. The number of thiocarbonyl (C=S) groups is 2. The van der Waals surface area contributed by atoms with Crippen LogP contribution in [0.4, 0.5) is 0 Å². The molecule has 0 fully saturated rings. The number of benzene rings is 2. The molecule has 2 aromatic rings. The topological polar surface area (TPSA) is 40.5 Å². The summed E-state index contributed by atoms with van der Waals surface area (Å²) in [6, 6.07) is 13.0. The molecule has 0 aliphatic carbocycles. The van der Waals surface area contributed by atoms with Crippen molar-refractivity contribution in [1.29, 1.82) is 0 Å². The minimum absolute atomic E-state index is 0. The van der Waals surface area contributed by atoms with Gasteiger partial charge in [0.1, 0.15) is 11.5 Å². The maximum Gasteiger partial charge on any atom is 2.00 e. The van der Waals surface area contributed by atoms with Crippen LogP contribution in [-0.4, -0.2) is 18.6 Å². The maximum atomic E-state index is 8.86. The zero-order chi connectivity index (χ0) is 15.1. The molecule has 2 nitrogen and oxygen atoms in total. The SMILES string of the molecule is Oc1ccc(C(=S)[S-])cc1.Oc1ccc(C(=S)[S-])cc1.[Mn+2]. The Balaban J connectivity index is 0.000000364. The predicted molar refractivity (Wildman–Crippen MR) is 94.3 cm³/mol. The van der Waals surface area contributed by atoms with Crippen LogP contribution < -0.4 is 0 Å². The van der Waals surface area contributed by atoms with Gasteiger partial charge in [0.2, 0.25) is 0 Å². The first kappa shape index (κ1) is 20.2. The number of phenols is 2. The fourth-order valence-corrected chi connectivity index (χ4v) is 1.74. The standard InChI is InChI=1S/2C7H6OS2.Mn/c2*8-6-3-1-5(2-4-6)7(9)10;/h2*1-4,8H,(H,9,10);/q;;+2/p-2. The summed E-state index contributed by atoms with van der Waals surface area (Å²) in [5.41, 5.74) is 1.62. The van der Waals surface area contributed by atoms with Crippen LogP contribution in [0.25, 0.3) is 0 Å². The van der Waals surface area contributed by atoms with Crippen LogP contribution in [0.15, 0.2) is 48.5 Å². The van der Waals surface area contributed by atoms with E-state index in [9.17, 15) is 0 Å². The van der Waals surface area contributed by atoms with E-state index in [0.29, 0.717) is 8.39 Å². The quantitative estimate of drug-likeness (QED) is 0.464. The van der Waals surface area contributed by atoms with Gasteiger partial charge < -0.3 is 59.9 Å². The van der Waals surface area contributed by atoms with Crippen LogP contribution in [0, 0.1) is 0 Å². The summed E-state index contributed by atoms with van der Waals surface area (Å²) in [7, 11) is 0. The number of rotatable bonds is 2. The van der Waals surface area contributed by atoms with Gasteiger partial charge >= 0.3 is 17.1 Å². The summed E-state index contributed by atoms with van der Waals surface area (Å²) < 4.78 is 0.861. The number of hydrogen-bond donors (Lipinski definition) is 2. The molecular formula is C14H10MnO2S4. The van der Waals surface area contributed by atoms with Crippen LogP contribution in [0.3, 0.4) is 0 Å². The van der Waals surface area contributed by atoms with Gasteiger partial charge in [0.15, 0.2) is 0 Å². The van der Waals surface area contributed by atoms with Crippen LogP contribution in [0.5, 0.6) is 11.5 Å². The molecule has 2 N–H and O–H groups in total. The van der Waals surface area contributed by atoms with E-state index in [2.05, 4.69) is 0 Å². The van der Waals surface area contributed by atoms with Gasteiger partial charge in [-0.1, -0.05) is 24.3 Å². The Morgan fingerprint density at radius 3 is 1.10 bits per heavy atom.